The van der Waals surface area contributed by atoms with Crippen molar-refractivity contribution in [3.05, 3.63) is 51.2 Å². The van der Waals surface area contributed by atoms with E-state index in [1.807, 2.05) is 23.5 Å². The van der Waals surface area contributed by atoms with Gasteiger partial charge in [-0.25, -0.2) is 4.79 Å². The minimum atomic E-state index is -0.309. The molecule has 1 N–H and O–H groups in total. The van der Waals surface area contributed by atoms with E-state index in [-0.39, 0.29) is 5.97 Å². The van der Waals surface area contributed by atoms with Gasteiger partial charge in [-0.15, -0.1) is 11.3 Å². The van der Waals surface area contributed by atoms with Gasteiger partial charge in [0.25, 0.3) is 0 Å². The van der Waals surface area contributed by atoms with Crippen molar-refractivity contribution >= 4 is 23.0 Å². The molecule has 19 heavy (non-hydrogen) atoms. The fourth-order valence-electron chi connectivity index (χ4n) is 1.90. The molecule has 0 bridgehead atoms. The van der Waals surface area contributed by atoms with Crippen molar-refractivity contribution in [1.29, 1.82) is 0 Å². The Morgan fingerprint density at radius 2 is 1.95 bits per heavy atom. The van der Waals surface area contributed by atoms with Gasteiger partial charge in [0.2, 0.25) is 0 Å². The van der Waals surface area contributed by atoms with Crippen molar-refractivity contribution in [3.63, 3.8) is 0 Å². The van der Waals surface area contributed by atoms with E-state index in [4.69, 9.17) is 0 Å². The number of nitrogens with one attached hydrogen (secondary N) is 1. The van der Waals surface area contributed by atoms with Crippen LogP contribution in [0.3, 0.4) is 0 Å². The molecule has 0 spiro atoms. The van der Waals surface area contributed by atoms with Gasteiger partial charge >= 0.3 is 5.97 Å². The molecule has 1 aromatic heterocycles. The van der Waals surface area contributed by atoms with Gasteiger partial charge in [-0.05, 0) is 49.7 Å². The zero-order chi connectivity index (χ0) is 13.8. The van der Waals surface area contributed by atoms with Crippen molar-refractivity contribution < 1.29 is 9.53 Å². The normalized spacial score (nSPS) is 10.3. The van der Waals surface area contributed by atoms with Crippen LogP contribution in [0.15, 0.2) is 30.3 Å². The number of aryl methyl sites for hydroxylation is 2. The highest BCUT2D eigenvalue weighted by molar-refractivity contribution is 7.12. The molecule has 3 nitrogen and oxygen atoms in total. The third kappa shape index (κ3) is 3.35. The van der Waals surface area contributed by atoms with Gasteiger partial charge in [0.05, 0.1) is 12.7 Å². The van der Waals surface area contributed by atoms with Gasteiger partial charge in [-0.1, -0.05) is 0 Å². The summed E-state index contributed by atoms with van der Waals surface area (Å²) in [6.07, 6.45) is 0. The van der Waals surface area contributed by atoms with Crippen LogP contribution in [0.2, 0.25) is 0 Å². The Kier molecular flexibility index (Phi) is 4.22. The largest absolute Gasteiger partial charge is 0.465 e. The van der Waals surface area contributed by atoms with E-state index in [0.717, 1.165) is 12.2 Å². The Morgan fingerprint density at radius 3 is 2.47 bits per heavy atom. The first-order valence-electron chi connectivity index (χ1n) is 6.08. The van der Waals surface area contributed by atoms with Crippen molar-refractivity contribution in [2.45, 2.75) is 20.4 Å². The summed E-state index contributed by atoms with van der Waals surface area (Å²) in [6.45, 7) is 5.05. The first kappa shape index (κ1) is 13.6. The van der Waals surface area contributed by atoms with Crippen LogP contribution in [0.25, 0.3) is 0 Å². The maximum atomic E-state index is 11.3. The number of methoxy groups -OCH3 is 1. The summed E-state index contributed by atoms with van der Waals surface area (Å²) >= 11 is 1.81. The van der Waals surface area contributed by atoms with Crippen LogP contribution in [-0.4, -0.2) is 13.1 Å². The molecule has 0 saturated carbocycles. The number of carbonyl (C=O) groups is 1. The molecular weight excluding hydrogens is 258 g/mol. The van der Waals surface area contributed by atoms with Gasteiger partial charge in [0, 0.05) is 22.0 Å². The standard InChI is InChI=1S/C15H17NO2S/c1-10-8-13(11(2)19-10)9-16-14-6-4-12(5-7-14)15(17)18-3/h4-8,16H,9H2,1-3H3. The van der Waals surface area contributed by atoms with E-state index in [2.05, 4.69) is 30.0 Å². The maximum absolute atomic E-state index is 11.3. The van der Waals surface area contributed by atoms with E-state index >= 15 is 0 Å². The monoisotopic (exact) mass is 275 g/mol. The van der Waals surface area contributed by atoms with Crippen LogP contribution >= 0.6 is 11.3 Å². The van der Waals surface area contributed by atoms with Crippen molar-refractivity contribution in [2.75, 3.05) is 12.4 Å². The third-order valence-corrected chi connectivity index (χ3v) is 3.94. The molecule has 0 radical (unpaired) electrons. The lowest BCUT2D eigenvalue weighted by Gasteiger charge is -2.07. The second kappa shape index (κ2) is 5.89. The maximum Gasteiger partial charge on any atom is 0.337 e. The highest BCUT2D eigenvalue weighted by Gasteiger charge is 2.05. The predicted molar refractivity (Wildman–Crippen MR) is 78.9 cm³/mol. The number of ether oxygens (including phenoxy) is 1. The summed E-state index contributed by atoms with van der Waals surface area (Å²) in [4.78, 5) is 14.0. The molecule has 0 aliphatic carbocycles. The molecule has 1 aromatic carbocycles. The quantitative estimate of drug-likeness (QED) is 0.863. The van der Waals surface area contributed by atoms with Crippen LogP contribution < -0.4 is 5.32 Å². The fourth-order valence-corrected chi connectivity index (χ4v) is 2.84. The van der Waals surface area contributed by atoms with Gasteiger partial charge in [-0.2, -0.15) is 0 Å². The molecule has 0 amide bonds. The molecular formula is C15H17NO2S. The second-order valence-electron chi connectivity index (χ2n) is 4.36. The Bertz CT molecular complexity index is 572. The lowest BCUT2D eigenvalue weighted by molar-refractivity contribution is 0.0601. The van der Waals surface area contributed by atoms with Crippen LogP contribution in [0.4, 0.5) is 5.69 Å². The van der Waals surface area contributed by atoms with E-state index in [1.54, 1.807) is 12.1 Å². The Hall–Kier alpha value is -1.81. The minimum Gasteiger partial charge on any atom is -0.465 e. The molecule has 0 unspecified atom stereocenters. The third-order valence-electron chi connectivity index (χ3n) is 2.93. The summed E-state index contributed by atoms with van der Waals surface area (Å²) in [5.41, 5.74) is 2.88. The zero-order valence-corrected chi connectivity index (χ0v) is 12.1. The summed E-state index contributed by atoms with van der Waals surface area (Å²) in [7, 11) is 1.39. The molecule has 2 rings (SSSR count). The number of rotatable bonds is 4. The van der Waals surface area contributed by atoms with Crippen LogP contribution in [0, 0.1) is 13.8 Å². The number of hydrogen-bond donors (Lipinski definition) is 1. The van der Waals surface area contributed by atoms with E-state index in [9.17, 15) is 4.79 Å². The summed E-state index contributed by atoms with van der Waals surface area (Å²) in [5, 5.41) is 3.35. The zero-order valence-electron chi connectivity index (χ0n) is 11.3. The molecule has 1 heterocycles. The SMILES string of the molecule is COC(=O)c1ccc(NCc2cc(C)sc2C)cc1. The first-order chi connectivity index (χ1) is 9.10. The fraction of sp³-hybridized carbons (Fsp3) is 0.267. The molecule has 0 atom stereocenters. The van der Waals surface area contributed by atoms with E-state index in [1.165, 1.54) is 22.4 Å². The summed E-state index contributed by atoms with van der Waals surface area (Å²) < 4.78 is 4.67. The molecule has 0 fully saturated rings. The van der Waals surface area contributed by atoms with Crippen LogP contribution in [0.5, 0.6) is 0 Å². The molecule has 2 aromatic rings. The Morgan fingerprint density at radius 1 is 1.26 bits per heavy atom. The smallest absolute Gasteiger partial charge is 0.337 e. The second-order valence-corrected chi connectivity index (χ2v) is 5.82. The Labute approximate surface area is 117 Å². The highest BCUT2D eigenvalue weighted by Crippen LogP contribution is 2.21. The molecule has 0 saturated heterocycles. The molecule has 100 valence electrons. The van der Waals surface area contributed by atoms with Gasteiger partial charge < -0.3 is 10.1 Å². The van der Waals surface area contributed by atoms with Crippen molar-refractivity contribution in [1.82, 2.24) is 0 Å². The van der Waals surface area contributed by atoms with Crippen LogP contribution in [-0.2, 0) is 11.3 Å². The van der Waals surface area contributed by atoms with Gasteiger partial charge in [0.15, 0.2) is 0 Å². The number of thiophene rings is 1. The molecule has 0 aliphatic heterocycles. The topological polar surface area (TPSA) is 38.3 Å². The minimum absolute atomic E-state index is 0.309. The van der Waals surface area contributed by atoms with E-state index < -0.39 is 0 Å². The van der Waals surface area contributed by atoms with Gasteiger partial charge in [0.1, 0.15) is 0 Å². The lowest BCUT2D eigenvalue weighted by atomic mass is 10.2. The number of hydrogen-bond acceptors (Lipinski definition) is 4. The Balaban J connectivity index is 2.00. The van der Waals surface area contributed by atoms with E-state index in [0.29, 0.717) is 5.56 Å². The van der Waals surface area contributed by atoms with Crippen LogP contribution in [0.1, 0.15) is 25.7 Å². The molecule has 0 aliphatic rings. The molecule has 4 heteroatoms. The first-order valence-corrected chi connectivity index (χ1v) is 6.90. The number of esters is 1. The summed E-state index contributed by atoms with van der Waals surface area (Å²) in [5.74, 6) is -0.309. The number of carbonyl (C=O) groups excluding carboxylic acids is 1. The number of anilines is 1. The average Bonchev–Trinajstić information content (AvgIpc) is 2.74. The lowest BCUT2D eigenvalue weighted by Crippen LogP contribution is -2.02. The van der Waals surface area contributed by atoms with Crippen molar-refractivity contribution in [2.24, 2.45) is 0 Å². The van der Waals surface area contributed by atoms with Crippen molar-refractivity contribution in [3.8, 4) is 0 Å². The number of benzene rings is 1. The summed E-state index contributed by atoms with van der Waals surface area (Å²) in [6, 6.07) is 9.51. The predicted octanol–water partition coefficient (Wildman–Crippen LogP) is 3.76. The van der Waals surface area contributed by atoms with Gasteiger partial charge in [-0.3, -0.25) is 0 Å². The average molecular weight is 275 g/mol. The highest BCUT2D eigenvalue weighted by atomic mass is 32.1.